The minimum atomic E-state index is -3.66. The van der Waals surface area contributed by atoms with Crippen molar-refractivity contribution < 1.29 is 23.1 Å². The summed E-state index contributed by atoms with van der Waals surface area (Å²) >= 11 is 0. The molecule has 1 heterocycles. The summed E-state index contributed by atoms with van der Waals surface area (Å²) in [7, 11) is 0.516. The van der Waals surface area contributed by atoms with E-state index in [1.165, 1.54) is 38.0 Å². The first-order valence-electron chi connectivity index (χ1n) is 6.25. The molecule has 21 heavy (non-hydrogen) atoms. The van der Waals surface area contributed by atoms with Crippen LogP contribution in [0, 0.1) is 0 Å². The maximum absolute atomic E-state index is 12.3. The lowest BCUT2D eigenvalue weighted by Crippen LogP contribution is -2.42. The fraction of sp³-hybridized carbons (Fsp3) is 0.500. The summed E-state index contributed by atoms with van der Waals surface area (Å²) in [6, 6.07) is 0.260. The molecule has 2 N–H and O–H groups in total. The number of nitrogens with one attached hydrogen (secondary N) is 1. The second-order valence-corrected chi connectivity index (χ2v) is 6.44. The SMILES string of the molecule is CCC(C(=O)O)N(C)C(=O)c1cc(S(=O)(=O)NC)cn1C. The monoisotopic (exact) mass is 317 g/mol. The van der Waals surface area contributed by atoms with Crippen LogP contribution in [-0.2, 0) is 21.9 Å². The van der Waals surface area contributed by atoms with Crippen LogP contribution in [0.5, 0.6) is 0 Å². The predicted octanol–water partition coefficient (Wildman–Crippen LogP) is -0.132. The molecule has 1 amide bonds. The number of carboxylic acids is 1. The Kier molecular flexibility index (Phi) is 5.13. The molecule has 1 aromatic rings. The molecule has 0 fully saturated rings. The quantitative estimate of drug-likeness (QED) is 0.759. The summed E-state index contributed by atoms with van der Waals surface area (Å²) in [4.78, 5) is 24.5. The number of carbonyl (C=O) groups excluding carboxylic acids is 1. The van der Waals surface area contributed by atoms with E-state index in [0.717, 1.165) is 4.90 Å². The van der Waals surface area contributed by atoms with E-state index in [2.05, 4.69) is 4.72 Å². The molecule has 0 bridgehead atoms. The van der Waals surface area contributed by atoms with Gasteiger partial charge >= 0.3 is 5.97 Å². The zero-order valence-corrected chi connectivity index (χ0v) is 13.1. The van der Waals surface area contributed by atoms with Crippen molar-refractivity contribution >= 4 is 21.9 Å². The number of hydrogen-bond acceptors (Lipinski definition) is 4. The number of carboxylic acid groups (broad SMARTS) is 1. The third kappa shape index (κ3) is 3.42. The van der Waals surface area contributed by atoms with Gasteiger partial charge in [0.1, 0.15) is 16.6 Å². The van der Waals surface area contributed by atoms with Crippen LogP contribution in [0.4, 0.5) is 0 Å². The van der Waals surface area contributed by atoms with Crippen molar-refractivity contribution in [3.63, 3.8) is 0 Å². The number of nitrogens with zero attached hydrogens (tertiary/aromatic N) is 2. The summed E-state index contributed by atoms with van der Waals surface area (Å²) in [5.74, 6) is -1.66. The Bertz CT molecular complexity index is 650. The first-order valence-corrected chi connectivity index (χ1v) is 7.73. The topological polar surface area (TPSA) is 109 Å². The highest BCUT2D eigenvalue weighted by Crippen LogP contribution is 2.16. The van der Waals surface area contributed by atoms with Crippen molar-refractivity contribution in [3.05, 3.63) is 18.0 Å². The summed E-state index contributed by atoms with van der Waals surface area (Å²) in [5.41, 5.74) is 0.103. The van der Waals surface area contributed by atoms with Gasteiger partial charge in [-0.05, 0) is 19.5 Å². The number of aryl methyl sites for hydroxylation is 1. The van der Waals surface area contributed by atoms with Crippen LogP contribution in [0.3, 0.4) is 0 Å². The third-order valence-corrected chi connectivity index (χ3v) is 4.62. The number of likely N-dealkylation sites (N-methyl/N-ethyl adjacent to an activating group) is 1. The average molecular weight is 317 g/mol. The molecule has 0 aliphatic heterocycles. The van der Waals surface area contributed by atoms with E-state index < -0.39 is 27.9 Å². The highest BCUT2D eigenvalue weighted by atomic mass is 32.2. The van der Waals surface area contributed by atoms with Crippen LogP contribution < -0.4 is 4.72 Å². The summed E-state index contributed by atoms with van der Waals surface area (Å²) in [6.07, 6.45) is 1.55. The second kappa shape index (κ2) is 6.27. The Morgan fingerprint density at radius 3 is 2.48 bits per heavy atom. The lowest BCUT2D eigenvalue weighted by Gasteiger charge is -2.23. The van der Waals surface area contributed by atoms with Gasteiger partial charge in [-0.2, -0.15) is 0 Å². The van der Waals surface area contributed by atoms with Gasteiger partial charge in [-0.25, -0.2) is 17.9 Å². The Morgan fingerprint density at radius 1 is 1.48 bits per heavy atom. The van der Waals surface area contributed by atoms with Gasteiger partial charge in [0.05, 0.1) is 0 Å². The molecule has 0 saturated heterocycles. The van der Waals surface area contributed by atoms with Gasteiger partial charge in [-0.3, -0.25) is 4.79 Å². The largest absolute Gasteiger partial charge is 0.480 e. The first-order chi connectivity index (χ1) is 9.65. The number of rotatable bonds is 6. The van der Waals surface area contributed by atoms with Crippen molar-refractivity contribution in [3.8, 4) is 0 Å². The van der Waals surface area contributed by atoms with E-state index in [1.807, 2.05) is 0 Å². The third-order valence-electron chi connectivity index (χ3n) is 3.24. The first kappa shape index (κ1) is 17.2. The van der Waals surface area contributed by atoms with Crippen molar-refractivity contribution in [1.29, 1.82) is 0 Å². The van der Waals surface area contributed by atoms with Gasteiger partial charge in [-0.1, -0.05) is 6.92 Å². The fourth-order valence-electron chi connectivity index (χ4n) is 1.95. The number of aliphatic carboxylic acids is 1. The molecule has 1 unspecified atom stereocenters. The van der Waals surface area contributed by atoms with Crippen LogP contribution in [-0.4, -0.2) is 55.0 Å². The van der Waals surface area contributed by atoms with E-state index in [9.17, 15) is 18.0 Å². The van der Waals surface area contributed by atoms with Crippen molar-refractivity contribution in [1.82, 2.24) is 14.2 Å². The van der Waals surface area contributed by atoms with Crippen molar-refractivity contribution in [2.24, 2.45) is 7.05 Å². The smallest absolute Gasteiger partial charge is 0.326 e. The molecule has 0 spiro atoms. The highest BCUT2D eigenvalue weighted by molar-refractivity contribution is 7.89. The predicted molar refractivity (Wildman–Crippen MR) is 75.5 cm³/mol. The summed E-state index contributed by atoms with van der Waals surface area (Å²) in [6.45, 7) is 1.66. The van der Waals surface area contributed by atoms with E-state index >= 15 is 0 Å². The van der Waals surface area contributed by atoms with Crippen LogP contribution >= 0.6 is 0 Å². The second-order valence-electron chi connectivity index (χ2n) is 4.56. The number of carbonyl (C=O) groups is 2. The maximum atomic E-state index is 12.3. The van der Waals surface area contributed by atoms with E-state index in [1.54, 1.807) is 6.92 Å². The maximum Gasteiger partial charge on any atom is 0.326 e. The molecule has 0 aromatic carbocycles. The molecule has 118 valence electrons. The van der Waals surface area contributed by atoms with Gasteiger partial charge < -0.3 is 14.6 Å². The summed E-state index contributed by atoms with van der Waals surface area (Å²) < 4.78 is 26.9. The number of aromatic nitrogens is 1. The minimum absolute atomic E-state index is 0.0485. The van der Waals surface area contributed by atoms with Gasteiger partial charge in [0.15, 0.2) is 0 Å². The molecule has 8 nitrogen and oxygen atoms in total. The van der Waals surface area contributed by atoms with Gasteiger partial charge in [0, 0.05) is 20.3 Å². The molecule has 0 aliphatic rings. The standard InChI is InChI=1S/C12H19N3O5S/c1-5-9(12(17)18)15(4)11(16)10-6-8(7-14(10)3)21(19,20)13-2/h6-7,9,13H,5H2,1-4H3,(H,17,18). The zero-order valence-electron chi connectivity index (χ0n) is 12.3. The molecule has 0 aliphatic carbocycles. The molecule has 1 atom stereocenters. The van der Waals surface area contributed by atoms with E-state index in [4.69, 9.17) is 5.11 Å². The Hall–Kier alpha value is -1.87. The van der Waals surface area contributed by atoms with Crippen LogP contribution in [0.1, 0.15) is 23.8 Å². The van der Waals surface area contributed by atoms with Gasteiger partial charge in [-0.15, -0.1) is 0 Å². The van der Waals surface area contributed by atoms with Crippen molar-refractivity contribution in [2.75, 3.05) is 14.1 Å². The van der Waals surface area contributed by atoms with Crippen molar-refractivity contribution in [2.45, 2.75) is 24.3 Å². The molecular weight excluding hydrogens is 298 g/mol. The molecular formula is C12H19N3O5S. The van der Waals surface area contributed by atoms with Crippen LogP contribution in [0.25, 0.3) is 0 Å². The lowest BCUT2D eigenvalue weighted by molar-refractivity contribution is -0.142. The highest BCUT2D eigenvalue weighted by Gasteiger charge is 2.28. The van der Waals surface area contributed by atoms with E-state index in [0.29, 0.717) is 0 Å². The number of sulfonamides is 1. The molecule has 1 aromatic heterocycles. The normalized spacial score (nSPS) is 13.0. The lowest BCUT2D eigenvalue weighted by atomic mass is 10.2. The molecule has 0 radical (unpaired) electrons. The molecule has 0 saturated carbocycles. The summed E-state index contributed by atoms with van der Waals surface area (Å²) in [5, 5.41) is 9.07. The molecule has 9 heteroatoms. The fourth-order valence-corrected chi connectivity index (χ4v) is 2.75. The Labute approximate surface area is 123 Å². The zero-order chi connectivity index (χ0) is 16.4. The number of hydrogen-bond donors (Lipinski definition) is 2. The molecule has 1 rings (SSSR count). The van der Waals surface area contributed by atoms with Crippen LogP contribution in [0.15, 0.2) is 17.2 Å². The van der Waals surface area contributed by atoms with Crippen LogP contribution in [0.2, 0.25) is 0 Å². The minimum Gasteiger partial charge on any atom is -0.480 e. The van der Waals surface area contributed by atoms with E-state index in [-0.39, 0.29) is 17.0 Å². The Morgan fingerprint density at radius 2 is 2.05 bits per heavy atom. The number of amides is 1. The average Bonchev–Trinajstić information content (AvgIpc) is 2.81. The Balaban J connectivity index is 3.17. The van der Waals surface area contributed by atoms with Gasteiger partial charge in [0.25, 0.3) is 5.91 Å². The van der Waals surface area contributed by atoms with Gasteiger partial charge in [0.2, 0.25) is 10.0 Å².